The van der Waals surface area contributed by atoms with Crippen molar-refractivity contribution in [1.29, 1.82) is 0 Å². The molecular weight excluding hydrogens is 420 g/mol. The van der Waals surface area contributed by atoms with Gasteiger partial charge in [-0.25, -0.2) is 0 Å². The quantitative estimate of drug-likeness (QED) is 0.367. The normalized spacial score (nSPS) is 13.6. The van der Waals surface area contributed by atoms with Gasteiger partial charge in [0.15, 0.2) is 4.77 Å². The first-order valence-electron chi connectivity index (χ1n) is 11.4. The van der Waals surface area contributed by atoms with E-state index in [0.29, 0.717) is 23.1 Å². The highest BCUT2D eigenvalue weighted by Gasteiger charge is 2.14. The lowest BCUT2D eigenvalue weighted by Gasteiger charge is -2.20. The number of benzene rings is 2. The Labute approximate surface area is 193 Å². The number of aromatic nitrogens is 2. The molecule has 2 aromatic carbocycles. The van der Waals surface area contributed by atoms with Crippen molar-refractivity contribution in [3.63, 3.8) is 0 Å². The molecule has 1 saturated heterocycles. The van der Waals surface area contributed by atoms with Crippen LogP contribution in [0.15, 0.2) is 47.3 Å². The minimum Gasteiger partial charge on any atom is -0.371 e. The van der Waals surface area contributed by atoms with Crippen LogP contribution in [-0.4, -0.2) is 28.5 Å². The third kappa shape index (κ3) is 5.10. The second kappa shape index (κ2) is 10.1. The Morgan fingerprint density at radius 1 is 1.09 bits per heavy atom. The molecule has 7 heteroatoms. The van der Waals surface area contributed by atoms with Crippen molar-refractivity contribution in [2.45, 2.75) is 52.0 Å². The van der Waals surface area contributed by atoms with Gasteiger partial charge in [-0.15, -0.1) is 0 Å². The van der Waals surface area contributed by atoms with Crippen LogP contribution in [0.25, 0.3) is 10.9 Å². The minimum atomic E-state index is -0.0603. The zero-order valence-corrected chi connectivity index (χ0v) is 19.3. The maximum Gasteiger partial charge on any atom is 0.262 e. The minimum absolute atomic E-state index is 0.0264. The molecule has 0 atom stereocenters. The molecular formula is C25H30N4O2S. The number of carbonyl (C=O) groups is 1. The molecule has 0 radical (unpaired) electrons. The van der Waals surface area contributed by atoms with E-state index in [1.54, 1.807) is 4.57 Å². The summed E-state index contributed by atoms with van der Waals surface area (Å²) in [6.45, 7) is 4.88. The summed E-state index contributed by atoms with van der Waals surface area (Å²) in [4.78, 5) is 30.6. The second-order valence-electron chi connectivity index (χ2n) is 8.49. The van der Waals surface area contributed by atoms with E-state index in [1.807, 2.05) is 30.3 Å². The first kappa shape index (κ1) is 22.3. The van der Waals surface area contributed by atoms with E-state index in [0.717, 1.165) is 43.6 Å². The largest absolute Gasteiger partial charge is 0.371 e. The highest BCUT2D eigenvalue weighted by atomic mass is 32.1. The third-order valence-electron chi connectivity index (χ3n) is 6.10. The Morgan fingerprint density at radius 3 is 2.66 bits per heavy atom. The van der Waals surface area contributed by atoms with E-state index in [1.165, 1.54) is 24.1 Å². The first-order chi connectivity index (χ1) is 15.5. The Bertz CT molecular complexity index is 1220. The van der Waals surface area contributed by atoms with Gasteiger partial charge in [0.25, 0.3) is 5.56 Å². The lowest BCUT2D eigenvalue weighted by atomic mass is 10.1. The van der Waals surface area contributed by atoms with Gasteiger partial charge in [0.05, 0.1) is 10.9 Å². The van der Waals surface area contributed by atoms with Crippen molar-refractivity contribution in [3.05, 3.63) is 63.2 Å². The van der Waals surface area contributed by atoms with Crippen LogP contribution >= 0.6 is 12.2 Å². The number of amides is 1. The fourth-order valence-electron chi connectivity index (χ4n) is 4.40. The Kier molecular flexibility index (Phi) is 7.05. The van der Waals surface area contributed by atoms with Crippen molar-refractivity contribution in [1.82, 2.24) is 9.55 Å². The number of aromatic amines is 1. The number of aryl methyl sites for hydroxylation is 1. The van der Waals surface area contributed by atoms with Gasteiger partial charge < -0.3 is 15.2 Å². The van der Waals surface area contributed by atoms with E-state index >= 15 is 0 Å². The van der Waals surface area contributed by atoms with E-state index in [4.69, 9.17) is 12.2 Å². The van der Waals surface area contributed by atoms with Gasteiger partial charge in [-0.1, -0.05) is 18.6 Å². The molecule has 1 fully saturated rings. The maximum absolute atomic E-state index is 12.7. The smallest absolute Gasteiger partial charge is 0.262 e. The molecule has 1 amide bonds. The fourth-order valence-corrected chi connectivity index (χ4v) is 4.69. The summed E-state index contributed by atoms with van der Waals surface area (Å²) in [5.74, 6) is 0.0264. The van der Waals surface area contributed by atoms with Crippen molar-refractivity contribution in [2.75, 3.05) is 23.3 Å². The van der Waals surface area contributed by atoms with Crippen LogP contribution in [0.3, 0.4) is 0 Å². The summed E-state index contributed by atoms with van der Waals surface area (Å²) < 4.78 is 2.06. The number of hydrogen-bond donors (Lipinski definition) is 2. The van der Waals surface area contributed by atoms with Gasteiger partial charge in [0.2, 0.25) is 5.91 Å². The molecule has 1 aromatic heterocycles. The van der Waals surface area contributed by atoms with Crippen molar-refractivity contribution in [3.8, 4) is 0 Å². The van der Waals surface area contributed by atoms with Gasteiger partial charge in [0, 0.05) is 37.4 Å². The number of para-hydroxylation sites is 1. The lowest BCUT2D eigenvalue weighted by Crippen LogP contribution is -2.22. The summed E-state index contributed by atoms with van der Waals surface area (Å²) in [7, 11) is 0. The van der Waals surface area contributed by atoms with Gasteiger partial charge >= 0.3 is 0 Å². The van der Waals surface area contributed by atoms with E-state index < -0.39 is 0 Å². The zero-order valence-electron chi connectivity index (χ0n) is 18.5. The molecule has 1 aliphatic rings. The number of fused-ring (bicyclic) bond motifs is 1. The van der Waals surface area contributed by atoms with Crippen molar-refractivity contribution in [2.24, 2.45) is 0 Å². The molecule has 0 spiro atoms. The Hall–Kier alpha value is -2.93. The number of H-pyrrole nitrogens is 1. The summed E-state index contributed by atoms with van der Waals surface area (Å²) in [6.07, 6.45) is 5.39. The lowest BCUT2D eigenvalue weighted by molar-refractivity contribution is -0.116. The predicted molar refractivity (Wildman–Crippen MR) is 133 cm³/mol. The summed E-state index contributed by atoms with van der Waals surface area (Å²) in [6, 6.07) is 13.6. The molecule has 1 aliphatic heterocycles. The SMILES string of the molecule is Cc1cc(NC(=O)CCCCCn2c(=S)[nH]c3ccccc3c2=O)ccc1N1CCCC1. The maximum atomic E-state index is 12.7. The van der Waals surface area contributed by atoms with Crippen molar-refractivity contribution < 1.29 is 4.79 Å². The molecule has 0 unspecified atom stereocenters. The fraction of sp³-hybridized carbons (Fsp3) is 0.400. The van der Waals surface area contributed by atoms with Crippen LogP contribution < -0.4 is 15.8 Å². The number of anilines is 2. The van der Waals surface area contributed by atoms with E-state index in [9.17, 15) is 9.59 Å². The molecule has 168 valence electrons. The molecule has 3 aromatic rings. The molecule has 0 bridgehead atoms. The molecule has 2 heterocycles. The molecule has 4 rings (SSSR count). The monoisotopic (exact) mass is 450 g/mol. The van der Waals surface area contributed by atoms with Crippen molar-refractivity contribution >= 4 is 40.4 Å². The molecule has 2 N–H and O–H groups in total. The topological polar surface area (TPSA) is 70.1 Å². The number of hydrogen-bond acceptors (Lipinski definition) is 4. The molecule has 0 saturated carbocycles. The number of unbranched alkanes of at least 4 members (excludes halogenated alkanes) is 2. The molecule has 0 aliphatic carbocycles. The van der Waals surface area contributed by atoms with Crippen LogP contribution in [-0.2, 0) is 11.3 Å². The zero-order chi connectivity index (χ0) is 22.5. The summed E-state index contributed by atoms with van der Waals surface area (Å²) >= 11 is 5.35. The average molecular weight is 451 g/mol. The first-order valence-corrected chi connectivity index (χ1v) is 11.8. The van der Waals surface area contributed by atoms with Crippen LogP contribution in [0.1, 0.15) is 44.1 Å². The van der Waals surface area contributed by atoms with Gasteiger partial charge in [-0.3, -0.25) is 14.2 Å². The Balaban J connectivity index is 1.24. The second-order valence-corrected chi connectivity index (χ2v) is 8.87. The number of carbonyl (C=O) groups excluding carboxylic acids is 1. The molecule has 6 nitrogen and oxygen atoms in total. The number of nitrogens with one attached hydrogen (secondary N) is 2. The number of nitrogens with zero attached hydrogens (tertiary/aromatic N) is 2. The average Bonchev–Trinajstić information content (AvgIpc) is 3.30. The van der Waals surface area contributed by atoms with Gasteiger partial charge in [0.1, 0.15) is 0 Å². The Morgan fingerprint density at radius 2 is 1.88 bits per heavy atom. The standard InChI is InChI=1S/C25H30N4O2S/c1-18-17-19(12-13-22(18)28-14-7-8-15-28)26-23(30)11-3-2-6-16-29-24(31)20-9-4-5-10-21(20)27-25(29)32/h4-5,9-10,12-13,17H,2-3,6-8,11,14-16H2,1H3,(H,26,30)(H,27,32). The van der Waals surface area contributed by atoms with E-state index in [2.05, 4.69) is 34.3 Å². The van der Waals surface area contributed by atoms with E-state index in [-0.39, 0.29) is 11.5 Å². The predicted octanol–water partition coefficient (Wildman–Crippen LogP) is 5.17. The van der Waals surface area contributed by atoms with Gasteiger partial charge in [-0.05, 0) is 80.7 Å². The van der Waals surface area contributed by atoms with Gasteiger partial charge in [-0.2, -0.15) is 0 Å². The summed E-state index contributed by atoms with van der Waals surface area (Å²) in [5, 5.41) is 3.66. The highest BCUT2D eigenvalue weighted by molar-refractivity contribution is 7.71. The van der Waals surface area contributed by atoms with Crippen LogP contribution in [0, 0.1) is 11.7 Å². The third-order valence-corrected chi connectivity index (χ3v) is 6.42. The van der Waals surface area contributed by atoms with Crippen LogP contribution in [0.5, 0.6) is 0 Å². The number of rotatable bonds is 8. The summed E-state index contributed by atoms with van der Waals surface area (Å²) in [5.41, 5.74) is 4.02. The molecule has 32 heavy (non-hydrogen) atoms. The van der Waals surface area contributed by atoms with Crippen LogP contribution in [0.2, 0.25) is 0 Å². The highest BCUT2D eigenvalue weighted by Crippen LogP contribution is 2.26. The van der Waals surface area contributed by atoms with Crippen LogP contribution in [0.4, 0.5) is 11.4 Å².